The van der Waals surface area contributed by atoms with Crippen LogP contribution in [-0.4, -0.2) is 24.0 Å². The first-order valence-electron chi connectivity index (χ1n) is 8.94. The number of nitrogens with one attached hydrogen (secondary N) is 1. The number of ether oxygens (including phenoxy) is 1. The molecule has 1 aliphatic heterocycles. The maximum absolute atomic E-state index is 12.4. The number of benzene rings is 2. The van der Waals surface area contributed by atoms with Gasteiger partial charge in [-0.2, -0.15) is 0 Å². The summed E-state index contributed by atoms with van der Waals surface area (Å²) < 4.78 is 5.12. The highest BCUT2D eigenvalue weighted by Gasteiger charge is 2.27. The van der Waals surface area contributed by atoms with Gasteiger partial charge < -0.3 is 15.0 Å². The maximum atomic E-state index is 12.4. The number of hydrogen-bond donors (Lipinski definition) is 1. The maximum Gasteiger partial charge on any atom is 0.274 e. The number of carbonyl (C=O) groups is 1. The number of amides is 1. The number of pyridine rings is 1. The number of carbonyl (C=O) groups excluding carboxylic acids is 1. The minimum atomic E-state index is -0.235. The fourth-order valence-electron chi connectivity index (χ4n) is 3.49. The van der Waals surface area contributed by atoms with Gasteiger partial charge in [-0.05, 0) is 61.4 Å². The Morgan fingerprint density at radius 3 is 2.59 bits per heavy atom. The zero-order valence-electron chi connectivity index (χ0n) is 15.3. The van der Waals surface area contributed by atoms with Crippen molar-refractivity contribution in [3.63, 3.8) is 0 Å². The van der Waals surface area contributed by atoms with Crippen molar-refractivity contribution in [2.75, 3.05) is 17.3 Å². The summed E-state index contributed by atoms with van der Waals surface area (Å²) in [6.07, 6.45) is 2.78. The van der Waals surface area contributed by atoms with E-state index in [0.29, 0.717) is 17.4 Å². The fourth-order valence-corrected chi connectivity index (χ4v) is 3.49. The standard InChI is InChI=1S/C22H21N3O2/c1-15-13-16-5-3-4-6-21(16)25(15)18-9-12-20(23-14-18)22(26)24-17-7-10-19(27-2)11-8-17/h3-12,14-15H,13H2,1-2H3,(H,24,26). The summed E-state index contributed by atoms with van der Waals surface area (Å²) >= 11 is 0. The molecule has 27 heavy (non-hydrogen) atoms. The summed E-state index contributed by atoms with van der Waals surface area (Å²) in [5, 5.41) is 2.85. The smallest absolute Gasteiger partial charge is 0.274 e. The molecule has 1 unspecified atom stereocenters. The van der Waals surface area contributed by atoms with E-state index < -0.39 is 0 Å². The Balaban J connectivity index is 1.51. The minimum absolute atomic E-state index is 0.235. The van der Waals surface area contributed by atoms with Gasteiger partial charge in [-0.1, -0.05) is 18.2 Å². The molecule has 5 heteroatoms. The molecule has 0 radical (unpaired) electrons. The van der Waals surface area contributed by atoms with Gasteiger partial charge in [0.15, 0.2) is 0 Å². The lowest BCUT2D eigenvalue weighted by molar-refractivity contribution is 0.102. The van der Waals surface area contributed by atoms with Crippen LogP contribution in [0.5, 0.6) is 5.75 Å². The van der Waals surface area contributed by atoms with Crippen molar-refractivity contribution < 1.29 is 9.53 Å². The van der Waals surface area contributed by atoms with E-state index in [4.69, 9.17) is 4.74 Å². The van der Waals surface area contributed by atoms with E-state index in [1.54, 1.807) is 43.6 Å². The van der Waals surface area contributed by atoms with E-state index in [1.165, 1.54) is 11.3 Å². The highest BCUT2D eigenvalue weighted by molar-refractivity contribution is 6.03. The number of anilines is 3. The average Bonchev–Trinajstić information content (AvgIpc) is 3.04. The van der Waals surface area contributed by atoms with Crippen LogP contribution in [0.4, 0.5) is 17.1 Å². The molecule has 5 nitrogen and oxygen atoms in total. The van der Waals surface area contributed by atoms with Crippen molar-refractivity contribution in [2.45, 2.75) is 19.4 Å². The highest BCUT2D eigenvalue weighted by Crippen LogP contribution is 2.37. The first-order chi connectivity index (χ1) is 13.2. The van der Waals surface area contributed by atoms with E-state index in [2.05, 4.69) is 40.3 Å². The van der Waals surface area contributed by atoms with Gasteiger partial charge in [-0.15, -0.1) is 0 Å². The molecule has 1 aromatic heterocycles. The third kappa shape index (κ3) is 3.36. The minimum Gasteiger partial charge on any atom is -0.497 e. The van der Waals surface area contributed by atoms with Crippen molar-refractivity contribution in [3.05, 3.63) is 78.1 Å². The van der Waals surface area contributed by atoms with Gasteiger partial charge in [0.25, 0.3) is 5.91 Å². The Labute approximate surface area is 158 Å². The molecular formula is C22H21N3O2. The number of nitrogens with zero attached hydrogens (tertiary/aromatic N) is 2. The van der Waals surface area contributed by atoms with Crippen molar-refractivity contribution in [2.24, 2.45) is 0 Å². The van der Waals surface area contributed by atoms with Gasteiger partial charge in [-0.3, -0.25) is 4.79 Å². The van der Waals surface area contributed by atoms with Crippen LogP contribution in [-0.2, 0) is 6.42 Å². The molecular weight excluding hydrogens is 338 g/mol. The van der Waals surface area contributed by atoms with Crippen LogP contribution in [0, 0.1) is 0 Å². The topological polar surface area (TPSA) is 54.5 Å². The van der Waals surface area contributed by atoms with Crippen LogP contribution in [0.25, 0.3) is 0 Å². The van der Waals surface area contributed by atoms with E-state index in [-0.39, 0.29) is 5.91 Å². The molecule has 2 aromatic carbocycles. The number of methoxy groups -OCH3 is 1. The van der Waals surface area contributed by atoms with Gasteiger partial charge in [0, 0.05) is 17.4 Å². The molecule has 0 saturated carbocycles. The summed E-state index contributed by atoms with van der Waals surface area (Å²) in [5.74, 6) is 0.511. The largest absolute Gasteiger partial charge is 0.497 e. The van der Waals surface area contributed by atoms with E-state index in [9.17, 15) is 4.79 Å². The van der Waals surface area contributed by atoms with Crippen LogP contribution in [0.3, 0.4) is 0 Å². The highest BCUT2D eigenvalue weighted by atomic mass is 16.5. The molecule has 4 rings (SSSR count). The second-order valence-electron chi connectivity index (χ2n) is 6.64. The van der Waals surface area contributed by atoms with Crippen molar-refractivity contribution in [1.29, 1.82) is 0 Å². The molecule has 2 heterocycles. The second kappa shape index (κ2) is 7.11. The van der Waals surface area contributed by atoms with E-state index in [0.717, 1.165) is 17.9 Å². The predicted molar refractivity (Wildman–Crippen MR) is 107 cm³/mol. The Morgan fingerprint density at radius 1 is 1.11 bits per heavy atom. The molecule has 1 aliphatic rings. The lowest BCUT2D eigenvalue weighted by atomic mass is 10.1. The molecule has 0 aliphatic carbocycles. The Morgan fingerprint density at radius 2 is 1.89 bits per heavy atom. The summed E-state index contributed by atoms with van der Waals surface area (Å²) in [7, 11) is 1.61. The first-order valence-corrected chi connectivity index (χ1v) is 8.94. The number of para-hydroxylation sites is 1. The van der Waals surface area contributed by atoms with Crippen molar-refractivity contribution in [3.8, 4) is 5.75 Å². The first kappa shape index (κ1) is 17.1. The molecule has 0 fully saturated rings. The van der Waals surface area contributed by atoms with E-state index >= 15 is 0 Å². The molecule has 0 bridgehead atoms. The van der Waals surface area contributed by atoms with Gasteiger partial charge in [0.2, 0.25) is 0 Å². The molecule has 3 aromatic rings. The quantitative estimate of drug-likeness (QED) is 0.749. The lowest BCUT2D eigenvalue weighted by Crippen LogP contribution is -2.24. The number of aromatic nitrogens is 1. The van der Waals surface area contributed by atoms with Crippen LogP contribution in [0.2, 0.25) is 0 Å². The van der Waals surface area contributed by atoms with Gasteiger partial charge in [-0.25, -0.2) is 4.98 Å². The van der Waals surface area contributed by atoms with Gasteiger partial charge >= 0.3 is 0 Å². The number of fused-ring (bicyclic) bond motifs is 1. The predicted octanol–water partition coefficient (Wildman–Crippen LogP) is 4.43. The van der Waals surface area contributed by atoms with Crippen molar-refractivity contribution in [1.82, 2.24) is 4.98 Å². The van der Waals surface area contributed by atoms with Crippen LogP contribution in [0.1, 0.15) is 23.0 Å². The fraction of sp³-hybridized carbons (Fsp3) is 0.182. The SMILES string of the molecule is COc1ccc(NC(=O)c2ccc(N3c4ccccc4CC3C)cn2)cc1. The zero-order chi connectivity index (χ0) is 18.8. The number of hydrogen-bond acceptors (Lipinski definition) is 4. The van der Waals surface area contributed by atoms with Crippen molar-refractivity contribution >= 4 is 23.0 Å². The monoisotopic (exact) mass is 359 g/mol. The normalized spacial score (nSPS) is 15.3. The zero-order valence-corrected chi connectivity index (χ0v) is 15.3. The third-order valence-electron chi connectivity index (χ3n) is 4.81. The lowest BCUT2D eigenvalue weighted by Gasteiger charge is -2.24. The van der Waals surface area contributed by atoms with Crippen LogP contribution < -0.4 is 15.0 Å². The van der Waals surface area contributed by atoms with E-state index in [1.807, 2.05) is 12.1 Å². The Bertz CT molecular complexity index is 952. The average molecular weight is 359 g/mol. The molecule has 1 amide bonds. The third-order valence-corrected chi connectivity index (χ3v) is 4.81. The molecule has 1 atom stereocenters. The van der Waals surface area contributed by atoms with Gasteiger partial charge in [0.1, 0.15) is 11.4 Å². The second-order valence-corrected chi connectivity index (χ2v) is 6.64. The van der Waals surface area contributed by atoms with Gasteiger partial charge in [0.05, 0.1) is 19.0 Å². The summed E-state index contributed by atoms with van der Waals surface area (Å²) in [5.41, 5.74) is 4.63. The van der Waals surface area contributed by atoms with Crippen LogP contribution >= 0.6 is 0 Å². The molecule has 1 N–H and O–H groups in total. The van der Waals surface area contributed by atoms with Crippen LogP contribution in [0.15, 0.2) is 66.9 Å². The summed E-state index contributed by atoms with van der Waals surface area (Å²) in [6.45, 7) is 2.20. The Hall–Kier alpha value is -3.34. The Kier molecular flexibility index (Phi) is 4.50. The number of rotatable bonds is 4. The summed E-state index contributed by atoms with van der Waals surface area (Å²) in [4.78, 5) is 19.1. The molecule has 136 valence electrons. The molecule has 0 saturated heterocycles. The summed E-state index contributed by atoms with van der Waals surface area (Å²) in [6, 6.07) is 19.7. The molecule has 0 spiro atoms.